The summed E-state index contributed by atoms with van der Waals surface area (Å²) >= 11 is 0. The molecule has 2 aromatic rings. The van der Waals surface area contributed by atoms with Crippen LogP contribution in [0.5, 0.6) is 0 Å². The molecule has 0 bridgehead atoms. The molecule has 2 aromatic heterocycles. The first-order valence-electron chi connectivity index (χ1n) is 6.16. The smallest absolute Gasteiger partial charge is 0.229 e. The summed E-state index contributed by atoms with van der Waals surface area (Å²) in [5.41, 5.74) is 1.55. The number of aliphatic hydroxyl groups is 1. The number of amides is 1. The first-order valence-corrected chi connectivity index (χ1v) is 6.16. The first kappa shape index (κ1) is 13.3. The van der Waals surface area contributed by atoms with E-state index < -0.39 is 0 Å². The lowest BCUT2D eigenvalue weighted by atomic mass is 10.3. The van der Waals surface area contributed by atoms with Crippen molar-refractivity contribution in [3.63, 3.8) is 0 Å². The lowest BCUT2D eigenvalue weighted by molar-refractivity contribution is -0.130. The normalized spacial score (nSPS) is 10.6. The molecule has 0 radical (unpaired) electrons. The minimum atomic E-state index is -0.0580. The van der Waals surface area contributed by atoms with Gasteiger partial charge in [-0.05, 0) is 12.1 Å². The summed E-state index contributed by atoms with van der Waals surface area (Å²) in [5.74, 6) is -0.0580. The van der Waals surface area contributed by atoms with Crippen LogP contribution in [0.15, 0.2) is 43.2 Å². The Morgan fingerprint density at radius 2 is 2.37 bits per heavy atom. The fraction of sp³-hybridized carbons (Fsp3) is 0.286. The van der Waals surface area contributed by atoms with E-state index in [-0.39, 0.29) is 18.9 Å². The van der Waals surface area contributed by atoms with Crippen LogP contribution in [0.2, 0.25) is 0 Å². The van der Waals surface area contributed by atoms with E-state index in [0.29, 0.717) is 13.1 Å². The molecule has 0 aliphatic carbocycles. The predicted octanol–water partition coefficient (Wildman–Crippen LogP) is 0.884. The third kappa shape index (κ3) is 3.20. The largest absolute Gasteiger partial charge is 0.395 e. The highest BCUT2D eigenvalue weighted by atomic mass is 16.3. The number of carbonyl (C=O) groups is 1. The van der Waals surface area contributed by atoms with Gasteiger partial charge in [-0.1, -0.05) is 12.1 Å². The van der Waals surface area contributed by atoms with Crippen molar-refractivity contribution in [3.8, 4) is 0 Å². The van der Waals surface area contributed by atoms with Gasteiger partial charge in [0.25, 0.3) is 0 Å². The Kier molecular flexibility index (Phi) is 4.30. The van der Waals surface area contributed by atoms with Gasteiger partial charge in [-0.2, -0.15) is 0 Å². The van der Waals surface area contributed by atoms with E-state index in [1.54, 1.807) is 11.0 Å². The number of aliphatic hydroxyl groups excluding tert-OH is 1. The average Bonchev–Trinajstić information content (AvgIpc) is 2.80. The summed E-state index contributed by atoms with van der Waals surface area (Å²) in [7, 11) is 0. The second-order valence-corrected chi connectivity index (χ2v) is 4.23. The second kappa shape index (κ2) is 6.15. The maximum Gasteiger partial charge on any atom is 0.229 e. The lowest BCUT2D eigenvalue weighted by Gasteiger charge is -2.19. The molecule has 0 unspecified atom stereocenters. The van der Waals surface area contributed by atoms with Gasteiger partial charge >= 0.3 is 0 Å². The van der Waals surface area contributed by atoms with E-state index in [0.717, 1.165) is 11.3 Å². The lowest BCUT2D eigenvalue weighted by Crippen LogP contribution is -2.34. The number of nitrogens with zero attached hydrogens (tertiary/aromatic N) is 3. The predicted molar refractivity (Wildman–Crippen MR) is 72.8 cm³/mol. The highest BCUT2D eigenvalue weighted by Gasteiger charge is 2.14. The van der Waals surface area contributed by atoms with Gasteiger partial charge in [-0.25, -0.2) is 4.98 Å². The zero-order chi connectivity index (χ0) is 13.7. The molecule has 0 saturated carbocycles. The van der Waals surface area contributed by atoms with Crippen molar-refractivity contribution >= 4 is 11.6 Å². The number of pyridine rings is 1. The number of rotatable bonds is 6. The average molecular weight is 259 g/mol. The number of aromatic nitrogens is 2. The summed E-state index contributed by atoms with van der Waals surface area (Å²) in [5, 5.41) is 8.94. The van der Waals surface area contributed by atoms with E-state index in [4.69, 9.17) is 5.11 Å². The molecule has 2 heterocycles. The van der Waals surface area contributed by atoms with E-state index in [1.165, 1.54) is 0 Å². The van der Waals surface area contributed by atoms with Crippen molar-refractivity contribution in [2.24, 2.45) is 0 Å². The van der Waals surface area contributed by atoms with Crippen LogP contribution < -0.4 is 0 Å². The molecule has 0 spiro atoms. The maximum atomic E-state index is 12.1. The van der Waals surface area contributed by atoms with E-state index >= 15 is 0 Å². The van der Waals surface area contributed by atoms with Crippen LogP contribution in [0.1, 0.15) is 5.69 Å². The van der Waals surface area contributed by atoms with Crippen LogP contribution in [0.25, 0.3) is 5.65 Å². The minimum Gasteiger partial charge on any atom is -0.395 e. The standard InChI is InChI=1S/C14H17N3O2/c1-2-6-16(8-9-18)14(19)10-12-11-17-7-4-3-5-13(17)15-12/h2-5,7,11,18H,1,6,8-10H2. The van der Waals surface area contributed by atoms with Gasteiger partial charge in [0.05, 0.1) is 18.7 Å². The molecule has 0 saturated heterocycles. The van der Waals surface area contributed by atoms with Crippen molar-refractivity contribution in [1.29, 1.82) is 0 Å². The molecule has 1 N–H and O–H groups in total. The number of hydrogen-bond acceptors (Lipinski definition) is 3. The fourth-order valence-electron chi connectivity index (χ4n) is 1.93. The molecule has 0 aromatic carbocycles. The van der Waals surface area contributed by atoms with Crippen molar-refractivity contribution in [3.05, 3.63) is 48.9 Å². The number of hydrogen-bond donors (Lipinski definition) is 1. The Bertz CT molecular complexity index is 544. The van der Waals surface area contributed by atoms with Gasteiger partial charge < -0.3 is 14.4 Å². The first-order chi connectivity index (χ1) is 9.24. The van der Waals surface area contributed by atoms with Gasteiger partial charge in [-0.3, -0.25) is 4.79 Å². The van der Waals surface area contributed by atoms with Crippen molar-refractivity contribution in [1.82, 2.24) is 14.3 Å². The molecule has 0 atom stereocenters. The van der Waals surface area contributed by atoms with Crippen molar-refractivity contribution in [2.45, 2.75) is 6.42 Å². The van der Waals surface area contributed by atoms with Crippen molar-refractivity contribution < 1.29 is 9.90 Å². The van der Waals surface area contributed by atoms with Crippen LogP contribution in [0.3, 0.4) is 0 Å². The Labute approximate surface area is 111 Å². The summed E-state index contributed by atoms with van der Waals surface area (Å²) < 4.78 is 1.88. The van der Waals surface area contributed by atoms with Crippen LogP contribution in [-0.2, 0) is 11.2 Å². The van der Waals surface area contributed by atoms with Crippen LogP contribution >= 0.6 is 0 Å². The molecule has 5 heteroatoms. The highest BCUT2D eigenvalue weighted by molar-refractivity contribution is 5.78. The SMILES string of the molecule is C=CCN(CCO)C(=O)Cc1cn2ccccc2n1. The Hall–Kier alpha value is -2.14. The van der Waals surface area contributed by atoms with E-state index in [1.807, 2.05) is 35.0 Å². The topological polar surface area (TPSA) is 57.8 Å². The summed E-state index contributed by atoms with van der Waals surface area (Å²) in [4.78, 5) is 18.0. The quantitative estimate of drug-likeness (QED) is 0.784. The minimum absolute atomic E-state index is 0.0508. The zero-order valence-electron chi connectivity index (χ0n) is 10.7. The Morgan fingerprint density at radius 1 is 1.53 bits per heavy atom. The molecule has 5 nitrogen and oxygen atoms in total. The number of carbonyl (C=O) groups excluding carboxylic acids is 1. The molecule has 19 heavy (non-hydrogen) atoms. The molecular weight excluding hydrogens is 242 g/mol. The van der Waals surface area contributed by atoms with Crippen molar-refractivity contribution in [2.75, 3.05) is 19.7 Å². The molecular formula is C14H17N3O2. The molecule has 0 aliphatic rings. The number of fused-ring (bicyclic) bond motifs is 1. The molecule has 0 fully saturated rings. The maximum absolute atomic E-state index is 12.1. The molecule has 2 rings (SSSR count). The van der Waals surface area contributed by atoms with Gasteiger partial charge in [0.2, 0.25) is 5.91 Å². The van der Waals surface area contributed by atoms with E-state index in [2.05, 4.69) is 11.6 Å². The third-order valence-corrected chi connectivity index (χ3v) is 2.82. The Morgan fingerprint density at radius 3 is 3.05 bits per heavy atom. The second-order valence-electron chi connectivity index (χ2n) is 4.23. The van der Waals surface area contributed by atoms with Gasteiger partial charge in [0.15, 0.2) is 0 Å². The van der Waals surface area contributed by atoms with Crippen LogP contribution in [-0.4, -0.2) is 45.0 Å². The summed E-state index contributed by atoms with van der Waals surface area (Å²) in [6, 6.07) is 5.71. The monoisotopic (exact) mass is 259 g/mol. The molecule has 100 valence electrons. The summed E-state index contributed by atoms with van der Waals surface area (Å²) in [6.45, 7) is 4.32. The van der Waals surface area contributed by atoms with E-state index in [9.17, 15) is 4.79 Å². The third-order valence-electron chi connectivity index (χ3n) is 2.82. The van der Waals surface area contributed by atoms with Crippen LogP contribution in [0.4, 0.5) is 0 Å². The summed E-state index contributed by atoms with van der Waals surface area (Å²) in [6.07, 6.45) is 5.62. The van der Waals surface area contributed by atoms with Crippen LogP contribution in [0, 0.1) is 0 Å². The fourth-order valence-corrected chi connectivity index (χ4v) is 1.93. The van der Waals surface area contributed by atoms with Gasteiger partial charge in [0, 0.05) is 25.5 Å². The van der Waals surface area contributed by atoms with Gasteiger partial charge in [0.1, 0.15) is 5.65 Å². The van der Waals surface area contributed by atoms with Gasteiger partial charge in [-0.15, -0.1) is 6.58 Å². The number of imidazole rings is 1. The Balaban J connectivity index is 2.10. The molecule has 0 aliphatic heterocycles. The highest BCUT2D eigenvalue weighted by Crippen LogP contribution is 2.06. The molecule has 1 amide bonds. The zero-order valence-corrected chi connectivity index (χ0v) is 10.7.